The number of para-hydroxylation sites is 1. The maximum absolute atomic E-state index is 14.3. The molecule has 0 spiro atoms. The van der Waals surface area contributed by atoms with Crippen LogP contribution in [0.5, 0.6) is 11.5 Å². The molecule has 0 N–H and O–H groups in total. The minimum absolute atomic E-state index is 0. The van der Waals surface area contributed by atoms with Crippen molar-refractivity contribution in [2.45, 2.75) is 34.6 Å². The van der Waals surface area contributed by atoms with E-state index in [1.807, 2.05) is 58.6 Å². The average Bonchev–Trinajstić information content (AvgIpc) is 3.49. The van der Waals surface area contributed by atoms with E-state index in [2.05, 4.69) is 82.0 Å². The summed E-state index contributed by atoms with van der Waals surface area (Å²) in [5.41, 5.74) is 11.4. The molecule has 0 saturated carbocycles. The van der Waals surface area contributed by atoms with Crippen molar-refractivity contribution >= 4 is 27.5 Å². The molecule has 0 aliphatic heterocycles. The Morgan fingerprint density at radius 1 is 0.787 bits per heavy atom. The number of hydrogen-bond acceptors (Lipinski definition) is 4. The zero-order chi connectivity index (χ0) is 32.3. The van der Waals surface area contributed by atoms with Crippen LogP contribution in [0.25, 0.3) is 44.4 Å². The molecule has 6 nitrogen and oxygen atoms in total. The number of halogens is 1. The Bertz CT molecular complexity index is 2280. The van der Waals surface area contributed by atoms with Gasteiger partial charge in [-0.15, -0.1) is 35.7 Å². The number of aromatic nitrogens is 4. The van der Waals surface area contributed by atoms with E-state index in [1.54, 1.807) is 0 Å². The van der Waals surface area contributed by atoms with Gasteiger partial charge in [0.25, 0.3) is 0 Å². The van der Waals surface area contributed by atoms with Crippen LogP contribution in [0.15, 0.2) is 79.0 Å². The molecule has 0 amide bonds. The molecular formula is C39H34FN5OPd. The fourth-order valence-corrected chi connectivity index (χ4v) is 6.47. The summed E-state index contributed by atoms with van der Waals surface area (Å²) in [6, 6.07) is 30.0. The van der Waals surface area contributed by atoms with Crippen LogP contribution in [-0.2, 0) is 20.4 Å². The second-order valence-corrected chi connectivity index (χ2v) is 12.1. The molecule has 47 heavy (non-hydrogen) atoms. The van der Waals surface area contributed by atoms with Crippen molar-refractivity contribution in [1.29, 1.82) is 0 Å². The predicted molar refractivity (Wildman–Crippen MR) is 183 cm³/mol. The standard InChI is InChI=1S/C39H34FN5O.Pd/c1-23-16-30(45-27(5)39(26(4)42-45)38-24(2)18-29(43(6)7)19-25(38)3)21-32(17-23)46-31-12-13-34-33-10-8-9-11-35(33)44(36(34)22-31)37-20-28(40)14-15-41-37;/h8-20H,1-7H3;/q-2;+2. The molecular weight excluding hydrogens is 680 g/mol. The summed E-state index contributed by atoms with van der Waals surface area (Å²) in [7, 11) is 4.12. The van der Waals surface area contributed by atoms with Gasteiger partial charge in [0.2, 0.25) is 0 Å². The predicted octanol–water partition coefficient (Wildman–Crippen LogP) is 9.17. The van der Waals surface area contributed by atoms with Gasteiger partial charge in [-0.05, 0) is 79.7 Å². The van der Waals surface area contributed by atoms with Crippen LogP contribution in [0.1, 0.15) is 28.1 Å². The first-order valence-corrected chi connectivity index (χ1v) is 15.2. The molecule has 0 saturated heterocycles. The number of benzene rings is 4. The zero-order valence-electron chi connectivity index (χ0n) is 27.3. The van der Waals surface area contributed by atoms with Crippen LogP contribution in [0.2, 0.25) is 0 Å². The second kappa shape index (κ2) is 12.4. The first-order chi connectivity index (χ1) is 22.1. The van der Waals surface area contributed by atoms with E-state index in [9.17, 15) is 4.39 Å². The quantitative estimate of drug-likeness (QED) is 0.127. The van der Waals surface area contributed by atoms with Gasteiger partial charge in [0.1, 0.15) is 11.6 Å². The Balaban J connectivity index is 0.00000386. The monoisotopic (exact) mass is 713 g/mol. The van der Waals surface area contributed by atoms with Gasteiger partial charge in [-0.1, -0.05) is 30.6 Å². The van der Waals surface area contributed by atoms with Crippen molar-refractivity contribution in [3.8, 4) is 34.1 Å². The van der Waals surface area contributed by atoms with Gasteiger partial charge in [0.15, 0.2) is 0 Å². The minimum Gasteiger partial charge on any atom is -0.509 e. The number of hydrogen-bond donors (Lipinski definition) is 0. The first-order valence-electron chi connectivity index (χ1n) is 15.2. The van der Waals surface area contributed by atoms with Crippen LogP contribution < -0.4 is 9.64 Å². The van der Waals surface area contributed by atoms with E-state index in [-0.39, 0.29) is 26.2 Å². The van der Waals surface area contributed by atoms with Crippen molar-refractivity contribution in [2.75, 3.05) is 19.0 Å². The van der Waals surface area contributed by atoms with E-state index < -0.39 is 0 Å². The van der Waals surface area contributed by atoms with Gasteiger partial charge in [0, 0.05) is 60.3 Å². The molecule has 0 aliphatic rings. The number of aryl methyl sites for hydroxylation is 4. The maximum Gasteiger partial charge on any atom is 2.00 e. The van der Waals surface area contributed by atoms with E-state index >= 15 is 0 Å². The molecule has 0 aliphatic carbocycles. The summed E-state index contributed by atoms with van der Waals surface area (Å²) in [5.74, 6) is 1.19. The Morgan fingerprint density at radius 3 is 2.26 bits per heavy atom. The summed E-state index contributed by atoms with van der Waals surface area (Å²) in [6.07, 6.45) is 1.47. The van der Waals surface area contributed by atoms with E-state index in [0.29, 0.717) is 17.3 Å². The Kier molecular flexibility index (Phi) is 8.52. The summed E-state index contributed by atoms with van der Waals surface area (Å²) in [5, 5.41) is 6.97. The molecule has 0 unspecified atom stereocenters. The SMILES string of the molecule is Cc1cc(Oc2[c-]c3c(cc2)c2ccccc2n3-c2cc(F)ccn2)[c-]c(-n2nc(C)c(-c3c(C)cc(N(C)C)cc3C)c2C)c1.[Pd+2]. The fourth-order valence-electron chi connectivity index (χ4n) is 6.47. The normalized spacial score (nSPS) is 11.2. The summed E-state index contributed by atoms with van der Waals surface area (Å²) in [6.45, 7) is 10.5. The molecule has 0 fully saturated rings. The van der Waals surface area contributed by atoms with Gasteiger partial charge in [-0.2, -0.15) is 16.7 Å². The molecule has 0 bridgehead atoms. The van der Waals surface area contributed by atoms with Crippen molar-refractivity contribution in [1.82, 2.24) is 19.3 Å². The van der Waals surface area contributed by atoms with E-state index in [1.165, 1.54) is 40.7 Å². The molecule has 0 radical (unpaired) electrons. The molecule has 8 heteroatoms. The topological polar surface area (TPSA) is 48.1 Å². The Labute approximate surface area is 288 Å². The van der Waals surface area contributed by atoms with E-state index in [4.69, 9.17) is 9.84 Å². The number of ether oxygens (including phenoxy) is 1. The minimum atomic E-state index is -0.353. The number of rotatable bonds is 6. The van der Waals surface area contributed by atoms with Crippen molar-refractivity contribution in [3.05, 3.63) is 125 Å². The van der Waals surface area contributed by atoms with Gasteiger partial charge in [0.05, 0.1) is 5.69 Å². The van der Waals surface area contributed by atoms with Gasteiger partial charge < -0.3 is 14.2 Å². The van der Waals surface area contributed by atoms with Crippen molar-refractivity contribution in [3.63, 3.8) is 0 Å². The average molecular weight is 714 g/mol. The third-order valence-electron chi connectivity index (χ3n) is 8.49. The fraction of sp³-hybridized carbons (Fsp3) is 0.179. The summed E-state index contributed by atoms with van der Waals surface area (Å²) in [4.78, 5) is 6.59. The smallest absolute Gasteiger partial charge is 0.509 e. The van der Waals surface area contributed by atoms with Crippen LogP contribution >= 0.6 is 0 Å². The summed E-state index contributed by atoms with van der Waals surface area (Å²) < 4.78 is 24.5. The van der Waals surface area contributed by atoms with Crippen LogP contribution in [0, 0.1) is 52.6 Å². The first kappa shape index (κ1) is 32.2. The molecule has 3 heterocycles. The van der Waals surface area contributed by atoms with Crippen LogP contribution in [0.3, 0.4) is 0 Å². The van der Waals surface area contributed by atoms with Crippen molar-refractivity contribution < 1.29 is 29.6 Å². The van der Waals surface area contributed by atoms with E-state index in [0.717, 1.165) is 50.0 Å². The summed E-state index contributed by atoms with van der Waals surface area (Å²) >= 11 is 0. The maximum atomic E-state index is 14.3. The number of pyridine rings is 1. The molecule has 0 atom stereocenters. The third kappa shape index (κ3) is 5.73. The zero-order valence-corrected chi connectivity index (χ0v) is 28.9. The van der Waals surface area contributed by atoms with Crippen molar-refractivity contribution in [2.24, 2.45) is 0 Å². The third-order valence-corrected chi connectivity index (χ3v) is 8.49. The molecule has 4 aromatic carbocycles. The second-order valence-electron chi connectivity index (χ2n) is 12.1. The van der Waals surface area contributed by atoms with Gasteiger partial charge in [-0.3, -0.25) is 4.68 Å². The largest absolute Gasteiger partial charge is 2.00 e. The number of fused-ring (bicyclic) bond motifs is 3. The van der Waals surface area contributed by atoms with Crippen LogP contribution in [0.4, 0.5) is 10.1 Å². The van der Waals surface area contributed by atoms with Gasteiger partial charge >= 0.3 is 20.4 Å². The molecule has 7 rings (SSSR count). The van der Waals surface area contributed by atoms with Crippen LogP contribution in [-0.4, -0.2) is 33.4 Å². The molecule has 3 aromatic heterocycles. The Morgan fingerprint density at radius 2 is 1.53 bits per heavy atom. The van der Waals surface area contributed by atoms with Gasteiger partial charge in [-0.25, -0.2) is 9.37 Å². The Hall–Kier alpha value is -4.77. The number of nitrogens with zero attached hydrogens (tertiary/aromatic N) is 5. The molecule has 7 aromatic rings. The molecule has 238 valence electrons. The number of anilines is 1.